The molecule has 20 heavy (non-hydrogen) atoms. The van der Waals surface area contributed by atoms with Gasteiger partial charge in [-0.25, -0.2) is 0 Å². The molecule has 1 amide bonds. The van der Waals surface area contributed by atoms with Crippen LogP contribution < -0.4 is 5.32 Å². The summed E-state index contributed by atoms with van der Waals surface area (Å²) in [4.78, 5) is 12.0. The van der Waals surface area contributed by atoms with Crippen LogP contribution in [0.3, 0.4) is 0 Å². The van der Waals surface area contributed by atoms with Crippen LogP contribution in [0.5, 0.6) is 0 Å². The van der Waals surface area contributed by atoms with Gasteiger partial charge in [0, 0.05) is 24.1 Å². The van der Waals surface area contributed by atoms with E-state index in [9.17, 15) is 4.79 Å². The number of aryl methyl sites for hydroxylation is 1. The van der Waals surface area contributed by atoms with Crippen molar-refractivity contribution in [3.05, 3.63) is 34.9 Å². The summed E-state index contributed by atoms with van der Waals surface area (Å²) in [7, 11) is 0. The molecule has 3 heteroatoms. The van der Waals surface area contributed by atoms with Crippen LogP contribution in [0, 0.1) is 18.8 Å². The summed E-state index contributed by atoms with van der Waals surface area (Å²) in [5.41, 5.74) is 2.48. The summed E-state index contributed by atoms with van der Waals surface area (Å²) < 4.78 is 0. The topological polar surface area (TPSA) is 49.3 Å². The van der Waals surface area contributed by atoms with Crippen LogP contribution in [0.15, 0.2) is 18.2 Å². The van der Waals surface area contributed by atoms with E-state index in [1.807, 2.05) is 19.1 Å². The number of aliphatic hydroxyl groups is 1. The lowest BCUT2D eigenvalue weighted by Gasteiger charge is -2.06. The molecule has 2 N–H and O–H groups in total. The minimum atomic E-state index is -0.0463. The summed E-state index contributed by atoms with van der Waals surface area (Å²) in [5, 5.41) is 11.6. The highest BCUT2D eigenvalue weighted by Crippen LogP contribution is 2.09. The molecule has 1 rings (SSSR count). The summed E-state index contributed by atoms with van der Waals surface area (Å²) in [5.74, 6) is 5.79. The molecule has 0 unspecified atom stereocenters. The second kappa shape index (κ2) is 9.17. The second-order valence-corrected chi connectivity index (χ2v) is 4.83. The number of unbranched alkanes of at least 4 members (excludes halogenated alkanes) is 2. The minimum absolute atomic E-state index is 0.0463. The Morgan fingerprint density at radius 1 is 1.30 bits per heavy atom. The lowest BCUT2D eigenvalue weighted by atomic mass is 10.1. The Balaban J connectivity index is 2.70. The van der Waals surface area contributed by atoms with Crippen LogP contribution in [0.4, 0.5) is 0 Å². The third-order valence-electron chi connectivity index (χ3n) is 2.87. The Morgan fingerprint density at radius 2 is 2.10 bits per heavy atom. The van der Waals surface area contributed by atoms with Crippen molar-refractivity contribution < 1.29 is 9.90 Å². The predicted molar refractivity (Wildman–Crippen MR) is 81.6 cm³/mol. The van der Waals surface area contributed by atoms with Crippen LogP contribution in [0.25, 0.3) is 0 Å². The van der Waals surface area contributed by atoms with Crippen LogP contribution in [-0.4, -0.2) is 24.2 Å². The van der Waals surface area contributed by atoms with Crippen LogP contribution in [-0.2, 0) is 0 Å². The van der Waals surface area contributed by atoms with E-state index in [-0.39, 0.29) is 12.5 Å². The molecular weight excluding hydrogens is 250 g/mol. The first-order valence-electron chi connectivity index (χ1n) is 7.17. The molecule has 0 aliphatic rings. The van der Waals surface area contributed by atoms with Crippen LogP contribution >= 0.6 is 0 Å². The highest BCUT2D eigenvalue weighted by atomic mass is 16.2. The molecule has 1 aromatic rings. The summed E-state index contributed by atoms with van der Waals surface area (Å²) in [6.45, 7) is 4.86. The van der Waals surface area contributed by atoms with E-state index in [0.29, 0.717) is 18.5 Å². The Labute approximate surface area is 121 Å². The predicted octanol–water partition coefficient (Wildman–Crippen LogP) is 2.65. The van der Waals surface area contributed by atoms with Gasteiger partial charge in [-0.05, 0) is 37.1 Å². The average molecular weight is 273 g/mol. The van der Waals surface area contributed by atoms with Gasteiger partial charge < -0.3 is 10.4 Å². The molecule has 0 saturated heterocycles. The van der Waals surface area contributed by atoms with Gasteiger partial charge in [0.2, 0.25) is 0 Å². The highest BCUT2D eigenvalue weighted by molar-refractivity contribution is 5.94. The number of rotatable bonds is 6. The third kappa shape index (κ3) is 5.90. The fraction of sp³-hybridized carbons (Fsp3) is 0.471. The number of amides is 1. The minimum Gasteiger partial charge on any atom is -0.395 e. The van der Waals surface area contributed by atoms with E-state index < -0.39 is 0 Å². The molecule has 3 nitrogen and oxygen atoms in total. The van der Waals surface area contributed by atoms with Crippen molar-refractivity contribution in [3.8, 4) is 11.8 Å². The van der Waals surface area contributed by atoms with Crippen LogP contribution in [0.1, 0.15) is 54.1 Å². The van der Waals surface area contributed by atoms with Crippen molar-refractivity contribution in [2.45, 2.75) is 39.5 Å². The zero-order chi connectivity index (χ0) is 14.8. The van der Waals surface area contributed by atoms with Crippen molar-refractivity contribution in [2.75, 3.05) is 13.2 Å². The number of hydrogen-bond acceptors (Lipinski definition) is 2. The molecule has 0 radical (unpaired) electrons. The Morgan fingerprint density at radius 3 is 2.80 bits per heavy atom. The number of benzene rings is 1. The lowest BCUT2D eigenvalue weighted by Crippen LogP contribution is -2.24. The summed E-state index contributed by atoms with van der Waals surface area (Å²) in [6, 6.07) is 5.61. The molecule has 0 heterocycles. The number of hydrogen-bond donors (Lipinski definition) is 2. The number of nitrogens with one attached hydrogen (secondary N) is 1. The number of carbonyl (C=O) groups excluding carboxylic acids is 1. The fourth-order valence-corrected chi connectivity index (χ4v) is 1.89. The fourth-order valence-electron chi connectivity index (χ4n) is 1.89. The first kappa shape index (κ1) is 16.3. The van der Waals surface area contributed by atoms with Gasteiger partial charge in [-0.15, -0.1) is 0 Å². The zero-order valence-corrected chi connectivity index (χ0v) is 12.3. The normalized spacial score (nSPS) is 9.75. The first-order valence-corrected chi connectivity index (χ1v) is 7.17. The second-order valence-electron chi connectivity index (χ2n) is 4.83. The summed E-state index contributed by atoms with van der Waals surface area (Å²) >= 11 is 0. The maximum atomic E-state index is 12.0. The molecule has 108 valence electrons. The van der Waals surface area contributed by atoms with E-state index >= 15 is 0 Å². The monoisotopic (exact) mass is 273 g/mol. The van der Waals surface area contributed by atoms with Gasteiger partial charge in [-0.3, -0.25) is 4.79 Å². The van der Waals surface area contributed by atoms with Crippen molar-refractivity contribution in [1.82, 2.24) is 5.32 Å². The molecule has 0 aliphatic heterocycles. The van der Waals surface area contributed by atoms with Crippen molar-refractivity contribution in [2.24, 2.45) is 0 Å². The molecule has 0 aromatic heterocycles. The lowest BCUT2D eigenvalue weighted by molar-refractivity contribution is 0.0953. The van der Waals surface area contributed by atoms with E-state index in [4.69, 9.17) is 5.11 Å². The standard InChI is InChI=1S/C17H23NO2/c1-3-4-6-9-18-17(20)16-12-14(2)11-15(13-16)8-5-7-10-19/h11-13,19H,3-4,6-7,9-10H2,1-2H3,(H,18,20). The molecule has 0 saturated carbocycles. The molecule has 0 atom stereocenters. The largest absolute Gasteiger partial charge is 0.395 e. The zero-order valence-electron chi connectivity index (χ0n) is 12.3. The Hall–Kier alpha value is -1.79. The summed E-state index contributed by atoms with van der Waals surface area (Å²) in [6.07, 6.45) is 3.74. The van der Waals surface area contributed by atoms with Gasteiger partial charge in [0.05, 0.1) is 6.61 Å². The van der Waals surface area contributed by atoms with Gasteiger partial charge in [0.15, 0.2) is 0 Å². The van der Waals surface area contributed by atoms with E-state index in [1.54, 1.807) is 6.07 Å². The first-order chi connectivity index (χ1) is 9.67. The van der Waals surface area contributed by atoms with E-state index in [2.05, 4.69) is 24.1 Å². The van der Waals surface area contributed by atoms with Gasteiger partial charge in [0.25, 0.3) is 5.91 Å². The van der Waals surface area contributed by atoms with Gasteiger partial charge in [0.1, 0.15) is 0 Å². The van der Waals surface area contributed by atoms with Crippen molar-refractivity contribution in [3.63, 3.8) is 0 Å². The van der Waals surface area contributed by atoms with Gasteiger partial charge >= 0.3 is 0 Å². The Kier molecular flexibility index (Phi) is 7.46. The number of carbonyl (C=O) groups is 1. The average Bonchev–Trinajstić information content (AvgIpc) is 2.43. The number of aliphatic hydroxyl groups excluding tert-OH is 1. The highest BCUT2D eigenvalue weighted by Gasteiger charge is 2.06. The molecule has 0 bridgehead atoms. The van der Waals surface area contributed by atoms with E-state index in [0.717, 1.165) is 30.4 Å². The molecular formula is C17H23NO2. The third-order valence-corrected chi connectivity index (χ3v) is 2.87. The Bertz CT molecular complexity index is 497. The quantitative estimate of drug-likeness (QED) is 0.618. The molecule has 0 spiro atoms. The molecule has 1 aromatic carbocycles. The smallest absolute Gasteiger partial charge is 0.251 e. The van der Waals surface area contributed by atoms with Gasteiger partial charge in [-0.1, -0.05) is 31.6 Å². The van der Waals surface area contributed by atoms with Gasteiger partial charge in [-0.2, -0.15) is 0 Å². The van der Waals surface area contributed by atoms with Crippen LogP contribution in [0.2, 0.25) is 0 Å². The van der Waals surface area contributed by atoms with E-state index in [1.165, 1.54) is 0 Å². The van der Waals surface area contributed by atoms with Crippen molar-refractivity contribution >= 4 is 5.91 Å². The maximum Gasteiger partial charge on any atom is 0.251 e. The maximum absolute atomic E-state index is 12.0. The molecule has 0 aliphatic carbocycles. The SMILES string of the molecule is CCCCCNC(=O)c1cc(C)cc(C#CCCO)c1. The molecule has 0 fully saturated rings. The van der Waals surface area contributed by atoms with Crippen molar-refractivity contribution in [1.29, 1.82) is 0 Å².